The minimum absolute atomic E-state index is 0.0278. The van der Waals surface area contributed by atoms with Gasteiger partial charge in [0.05, 0.1) is 4.90 Å². The maximum Gasteiger partial charge on any atom is 0.332 e. The Bertz CT molecular complexity index is 1580. The molecule has 3 aromatic rings. The molecule has 1 atom stereocenters. The number of benzene rings is 1. The summed E-state index contributed by atoms with van der Waals surface area (Å²) in [5.41, 5.74) is 8.06. The van der Waals surface area contributed by atoms with Gasteiger partial charge in [0.15, 0.2) is 11.2 Å². The SMILES string of the molecule is CC(C)=CCn1c(N2CCCC(N)C2)nc2c1c(=O)n(CCc1ccc(S(=O)(=O)N(C)C)cc1)c(=O)n2C. The van der Waals surface area contributed by atoms with E-state index in [1.165, 1.54) is 23.2 Å². The predicted molar refractivity (Wildman–Crippen MR) is 149 cm³/mol. The molecule has 1 aliphatic heterocycles. The van der Waals surface area contributed by atoms with E-state index >= 15 is 0 Å². The van der Waals surface area contributed by atoms with Crippen LogP contribution in [0.2, 0.25) is 0 Å². The smallest absolute Gasteiger partial charge is 0.332 e. The van der Waals surface area contributed by atoms with Crippen LogP contribution >= 0.6 is 0 Å². The summed E-state index contributed by atoms with van der Waals surface area (Å²) in [5.74, 6) is 0.648. The van der Waals surface area contributed by atoms with Gasteiger partial charge in [-0.05, 0) is 50.8 Å². The summed E-state index contributed by atoms with van der Waals surface area (Å²) >= 11 is 0. The summed E-state index contributed by atoms with van der Waals surface area (Å²) in [6, 6.07) is 6.53. The second kappa shape index (κ2) is 10.9. The number of allylic oxidation sites excluding steroid dienone is 2. The van der Waals surface area contributed by atoms with E-state index in [4.69, 9.17) is 10.7 Å². The molecule has 2 N–H and O–H groups in total. The van der Waals surface area contributed by atoms with Gasteiger partial charge in [-0.3, -0.25) is 13.9 Å². The van der Waals surface area contributed by atoms with Crippen LogP contribution in [0.5, 0.6) is 0 Å². The van der Waals surface area contributed by atoms with Crippen LogP contribution in [0.25, 0.3) is 11.2 Å². The molecule has 0 amide bonds. The third-order valence-electron chi connectivity index (χ3n) is 6.96. The van der Waals surface area contributed by atoms with Gasteiger partial charge in [-0.15, -0.1) is 0 Å². The van der Waals surface area contributed by atoms with Gasteiger partial charge in [-0.1, -0.05) is 23.8 Å². The number of sulfonamides is 1. The Morgan fingerprint density at radius 3 is 2.45 bits per heavy atom. The highest BCUT2D eigenvalue weighted by Gasteiger charge is 2.26. The first kappa shape index (κ1) is 27.8. The number of fused-ring (bicyclic) bond motifs is 1. The number of aromatic nitrogens is 4. The molecular weight excluding hydrogens is 506 g/mol. The molecule has 3 heterocycles. The molecular formula is C26H37N7O4S. The minimum atomic E-state index is -3.53. The van der Waals surface area contributed by atoms with Crippen molar-refractivity contribution in [2.24, 2.45) is 12.8 Å². The molecule has 206 valence electrons. The third-order valence-corrected chi connectivity index (χ3v) is 8.79. The van der Waals surface area contributed by atoms with E-state index in [9.17, 15) is 18.0 Å². The Morgan fingerprint density at radius 1 is 1.16 bits per heavy atom. The van der Waals surface area contributed by atoms with Crippen molar-refractivity contribution in [2.75, 3.05) is 32.1 Å². The van der Waals surface area contributed by atoms with Crippen molar-refractivity contribution in [1.29, 1.82) is 0 Å². The number of hydrogen-bond acceptors (Lipinski definition) is 7. The van der Waals surface area contributed by atoms with E-state index in [0.29, 0.717) is 36.6 Å². The molecule has 4 rings (SSSR count). The fourth-order valence-electron chi connectivity index (χ4n) is 4.72. The summed E-state index contributed by atoms with van der Waals surface area (Å²) in [4.78, 5) is 34.1. The van der Waals surface area contributed by atoms with Gasteiger partial charge in [-0.2, -0.15) is 4.98 Å². The number of anilines is 1. The number of hydrogen-bond donors (Lipinski definition) is 1. The van der Waals surface area contributed by atoms with Crippen LogP contribution in [0.4, 0.5) is 5.95 Å². The van der Waals surface area contributed by atoms with Gasteiger partial charge in [0.1, 0.15) is 0 Å². The summed E-state index contributed by atoms with van der Waals surface area (Å²) in [7, 11) is 1.06. The van der Waals surface area contributed by atoms with Crippen LogP contribution in [0.1, 0.15) is 32.3 Å². The number of piperidine rings is 1. The fourth-order valence-corrected chi connectivity index (χ4v) is 5.62. The molecule has 0 spiro atoms. The van der Waals surface area contributed by atoms with Crippen molar-refractivity contribution in [3.8, 4) is 0 Å². The van der Waals surface area contributed by atoms with Crippen LogP contribution in [0, 0.1) is 0 Å². The lowest BCUT2D eigenvalue weighted by molar-refractivity contribution is 0.495. The van der Waals surface area contributed by atoms with E-state index in [1.807, 2.05) is 24.5 Å². The summed E-state index contributed by atoms with van der Waals surface area (Å²) in [6.07, 6.45) is 4.30. The van der Waals surface area contributed by atoms with Crippen LogP contribution in [-0.2, 0) is 36.6 Å². The summed E-state index contributed by atoms with van der Waals surface area (Å²) in [5, 5.41) is 0. The van der Waals surface area contributed by atoms with Crippen molar-refractivity contribution in [3.63, 3.8) is 0 Å². The lowest BCUT2D eigenvalue weighted by Gasteiger charge is -2.31. The fraction of sp³-hybridized carbons (Fsp3) is 0.500. The van der Waals surface area contributed by atoms with E-state index in [1.54, 1.807) is 31.3 Å². The highest BCUT2D eigenvalue weighted by Crippen LogP contribution is 2.23. The largest absolute Gasteiger partial charge is 0.341 e. The maximum atomic E-state index is 13.7. The van der Waals surface area contributed by atoms with Crippen molar-refractivity contribution in [1.82, 2.24) is 23.0 Å². The van der Waals surface area contributed by atoms with Crippen LogP contribution in [0.3, 0.4) is 0 Å². The quantitative estimate of drug-likeness (QED) is 0.424. The van der Waals surface area contributed by atoms with Crippen LogP contribution < -0.4 is 21.9 Å². The average molecular weight is 544 g/mol. The first-order valence-electron chi connectivity index (χ1n) is 12.8. The van der Waals surface area contributed by atoms with Crippen molar-refractivity contribution < 1.29 is 8.42 Å². The third kappa shape index (κ3) is 5.33. The molecule has 1 aliphatic rings. The van der Waals surface area contributed by atoms with Gasteiger partial charge < -0.3 is 15.2 Å². The van der Waals surface area contributed by atoms with Gasteiger partial charge in [0, 0.05) is 53.4 Å². The van der Waals surface area contributed by atoms with E-state index in [-0.39, 0.29) is 17.5 Å². The van der Waals surface area contributed by atoms with Gasteiger partial charge in [0.25, 0.3) is 5.56 Å². The minimum Gasteiger partial charge on any atom is -0.341 e. The standard InChI is InChI=1S/C26H37N7O4S/c1-18(2)12-15-32-22-23(28-25(32)31-14-6-7-20(27)17-31)30(5)26(35)33(24(22)34)16-13-19-8-10-21(11-9-19)38(36,37)29(3)4/h8-12,20H,6-7,13-17,27H2,1-5H3. The predicted octanol–water partition coefficient (Wildman–Crippen LogP) is 1.28. The molecule has 12 heteroatoms. The number of rotatable bonds is 8. The number of nitrogens with two attached hydrogens (primary N) is 1. The molecule has 11 nitrogen and oxygen atoms in total. The Hall–Kier alpha value is -3.22. The molecule has 38 heavy (non-hydrogen) atoms. The highest BCUT2D eigenvalue weighted by atomic mass is 32.2. The maximum absolute atomic E-state index is 13.7. The monoisotopic (exact) mass is 543 g/mol. The number of nitrogens with zero attached hydrogens (tertiary/aromatic N) is 6. The lowest BCUT2D eigenvalue weighted by Crippen LogP contribution is -2.44. The van der Waals surface area contributed by atoms with Crippen molar-refractivity contribution >= 4 is 27.1 Å². The second-order valence-electron chi connectivity index (χ2n) is 10.3. The van der Waals surface area contributed by atoms with Gasteiger partial charge >= 0.3 is 5.69 Å². The van der Waals surface area contributed by atoms with Crippen molar-refractivity contribution in [3.05, 3.63) is 62.3 Å². The zero-order valence-electron chi connectivity index (χ0n) is 22.7. The van der Waals surface area contributed by atoms with Crippen LogP contribution in [0.15, 0.2) is 50.4 Å². The molecule has 2 aromatic heterocycles. The van der Waals surface area contributed by atoms with Crippen molar-refractivity contribution in [2.45, 2.75) is 57.1 Å². The molecule has 0 saturated carbocycles. The topological polar surface area (TPSA) is 128 Å². The molecule has 1 saturated heterocycles. The summed E-state index contributed by atoms with van der Waals surface area (Å²) in [6.45, 7) is 6.03. The van der Waals surface area contributed by atoms with E-state index in [0.717, 1.165) is 34.8 Å². The first-order valence-corrected chi connectivity index (χ1v) is 14.2. The average Bonchev–Trinajstić information content (AvgIpc) is 3.26. The molecule has 1 aromatic carbocycles. The Kier molecular flexibility index (Phi) is 7.96. The highest BCUT2D eigenvalue weighted by molar-refractivity contribution is 7.89. The number of aryl methyl sites for hydroxylation is 2. The number of imidazole rings is 1. The van der Waals surface area contributed by atoms with E-state index in [2.05, 4.69) is 4.90 Å². The van der Waals surface area contributed by atoms with Gasteiger partial charge in [-0.25, -0.2) is 17.5 Å². The molecule has 1 unspecified atom stereocenters. The lowest BCUT2D eigenvalue weighted by atomic mass is 10.1. The van der Waals surface area contributed by atoms with Crippen LogP contribution in [-0.4, -0.2) is 64.6 Å². The molecule has 0 radical (unpaired) electrons. The Balaban J connectivity index is 1.74. The molecule has 0 aliphatic carbocycles. The Morgan fingerprint density at radius 2 is 1.84 bits per heavy atom. The Labute approximate surface area is 222 Å². The first-order chi connectivity index (χ1) is 17.9. The molecule has 1 fully saturated rings. The van der Waals surface area contributed by atoms with Gasteiger partial charge in [0.2, 0.25) is 16.0 Å². The second-order valence-corrected chi connectivity index (χ2v) is 12.5. The zero-order valence-corrected chi connectivity index (χ0v) is 23.5. The summed E-state index contributed by atoms with van der Waals surface area (Å²) < 4.78 is 30.4. The zero-order chi connectivity index (χ0) is 27.8. The molecule has 0 bridgehead atoms. The van der Waals surface area contributed by atoms with E-state index < -0.39 is 21.3 Å². The normalized spacial score (nSPS) is 16.4.